The van der Waals surface area contributed by atoms with Gasteiger partial charge in [0, 0.05) is 12.7 Å². The van der Waals surface area contributed by atoms with Crippen molar-refractivity contribution in [2.45, 2.75) is 6.61 Å². The molecule has 0 N–H and O–H groups in total. The maximum atomic E-state index is 5.60. The summed E-state index contributed by atoms with van der Waals surface area (Å²) in [5.41, 5.74) is 0.970. The van der Waals surface area contributed by atoms with E-state index >= 15 is 0 Å². The molecule has 2 aromatic heterocycles. The Bertz CT molecular complexity index is 798. The van der Waals surface area contributed by atoms with E-state index in [-0.39, 0.29) is 0 Å². The molecule has 0 spiro atoms. The first-order chi connectivity index (χ1) is 10.3. The van der Waals surface area contributed by atoms with Gasteiger partial charge < -0.3 is 14.2 Å². The molecule has 0 bridgehead atoms. The van der Waals surface area contributed by atoms with E-state index in [9.17, 15) is 0 Å². The predicted molar refractivity (Wildman–Crippen MR) is 75.8 cm³/mol. The van der Waals surface area contributed by atoms with Gasteiger partial charge in [-0.05, 0) is 18.2 Å². The van der Waals surface area contributed by atoms with Crippen molar-refractivity contribution in [3.63, 3.8) is 0 Å². The molecule has 0 saturated heterocycles. The third-order valence-electron chi connectivity index (χ3n) is 3.12. The summed E-state index contributed by atoms with van der Waals surface area (Å²) in [7, 11) is 1.62. The van der Waals surface area contributed by atoms with Gasteiger partial charge in [0.25, 0.3) is 0 Å². The van der Waals surface area contributed by atoms with Crippen molar-refractivity contribution in [3.05, 3.63) is 24.0 Å². The van der Waals surface area contributed by atoms with Gasteiger partial charge in [0.05, 0.1) is 0 Å². The molecule has 108 valence electrons. The lowest BCUT2D eigenvalue weighted by Gasteiger charge is -2.18. The zero-order valence-electron chi connectivity index (χ0n) is 11.3. The lowest BCUT2D eigenvalue weighted by Crippen LogP contribution is -2.15. The standard InChI is InChI=1S/C13H12N4O3S/c1-18-7-11-14-15-13-17(11)16-12(21-13)8-2-3-9-10(6-8)20-5-4-19-9/h2-3,6H,4-5,7H2,1H3. The summed E-state index contributed by atoms with van der Waals surface area (Å²) in [6.07, 6.45) is 0. The molecule has 0 saturated carbocycles. The van der Waals surface area contributed by atoms with Crippen LogP contribution in [0.25, 0.3) is 15.5 Å². The smallest absolute Gasteiger partial charge is 0.235 e. The fourth-order valence-corrected chi connectivity index (χ4v) is 3.02. The second-order valence-electron chi connectivity index (χ2n) is 4.51. The number of nitrogens with zero attached hydrogens (tertiary/aromatic N) is 4. The average Bonchev–Trinajstić information content (AvgIpc) is 3.09. The van der Waals surface area contributed by atoms with Crippen LogP contribution < -0.4 is 9.47 Å². The normalized spacial score (nSPS) is 13.8. The first-order valence-electron chi connectivity index (χ1n) is 6.45. The van der Waals surface area contributed by atoms with Gasteiger partial charge in [-0.25, -0.2) is 0 Å². The van der Waals surface area contributed by atoms with Crippen molar-refractivity contribution < 1.29 is 14.2 Å². The Hall–Kier alpha value is -2.19. The van der Waals surface area contributed by atoms with Crippen LogP contribution in [0.3, 0.4) is 0 Å². The Labute approximate surface area is 124 Å². The van der Waals surface area contributed by atoms with Crippen molar-refractivity contribution in [1.82, 2.24) is 19.8 Å². The number of fused-ring (bicyclic) bond motifs is 2. The zero-order chi connectivity index (χ0) is 14.2. The number of ether oxygens (including phenoxy) is 3. The number of hydrogen-bond donors (Lipinski definition) is 0. The number of methoxy groups -OCH3 is 1. The topological polar surface area (TPSA) is 70.8 Å². The minimum Gasteiger partial charge on any atom is -0.486 e. The number of hydrogen-bond acceptors (Lipinski definition) is 7. The Morgan fingerprint density at radius 2 is 2.10 bits per heavy atom. The maximum Gasteiger partial charge on any atom is 0.235 e. The van der Waals surface area contributed by atoms with E-state index in [1.54, 1.807) is 11.6 Å². The van der Waals surface area contributed by atoms with Gasteiger partial charge in [0.2, 0.25) is 4.96 Å². The average molecular weight is 304 g/mol. The SMILES string of the molecule is COCc1nnc2sc(-c3ccc4c(c3)OCCO4)nn12. The maximum absolute atomic E-state index is 5.60. The molecule has 0 fully saturated rings. The van der Waals surface area contributed by atoms with E-state index in [4.69, 9.17) is 14.2 Å². The Balaban J connectivity index is 1.75. The van der Waals surface area contributed by atoms with Gasteiger partial charge in [0.1, 0.15) is 24.8 Å². The molecule has 21 heavy (non-hydrogen) atoms. The molecule has 8 heteroatoms. The third-order valence-corrected chi connectivity index (χ3v) is 4.07. The highest BCUT2D eigenvalue weighted by atomic mass is 32.1. The second-order valence-corrected chi connectivity index (χ2v) is 5.47. The Morgan fingerprint density at radius 3 is 2.95 bits per heavy atom. The number of benzene rings is 1. The van der Waals surface area contributed by atoms with Crippen molar-refractivity contribution in [2.24, 2.45) is 0 Å². The van der Waals surface area contributed by atoms with Crippen LogP contribution in [0.4, 0.5) is 0 Å². The van der Waals surface area contributed by atoms with Crippen molar-refractivity contribution in [3.8, 4) is 22.1 Å². The summed E-state index contributed by atoms with van der Waals surface area (Å²) >= 11 is 1.47. The quantitative estimate of drug-likeness (QED) is 0.734. The molecule has 1 aliphatic rings. The summed E-state index contributed by atoms with van der Waals surface area (Å²) in [5, 5.41) is 13.5. The molecule has 0 amide bonds. The predicted octanol–water partition coefficient (Wildman–Crippen LogP) is 1.77. The molecule has 1 aromatic carbocycles. The molecule has 3 heterocycles. The Kier molecular flexibility index (Phi) is 2.97. The lowest BCUT2D eigenvalue weighted by atomic mass is 10.2. The largest absolute Gasteiger partial charge is 0.486 e. The van der Waals surface area contributed by atoms with Crippen LogP contribution in [0.1, 0.15) is 5.82 Å². The second kappa shape index (κ2) is 4.97. The zero-order valence-corrected chi connectivity index (χ0v) is 12.1. The van der Waals surface area contributed by atoms with Gasteiger partial charge in [0.15, 0.2) is 17.3 Å². The number of aromatic nitrogens is 4. The molecular formula is C13H12N4O3S. The molecule has 7 nitrogen and oxygen atoms in total. The molecular weight excluding hydrogens is 292 g/mol. The highest BCUT2D eigenvalue weighted by Crippen LogP contribution is 2.35. The van der Waals surface area contributed by atoms with Crippen molar-refractivity contribution in [1.29, 1.82) is 0 Å². The molecule has 1 aliphatic heterocycles. The van der Waals surface area contributed by atoms with E-state index in [0.29, 0.717) is 25.6 Å². The van der Waals surface area contributed by atoms with Crippen LogP contribution in [-0.4, -0.2) is 40.1 Å². The summed E-state index contributed by atoms with van der Waals surface area (Å²) in [5.74, 6) is 2.21. The van der Waals surface area contributed by atoms with Crippen LogP contribution in [0.2, 0.25) is 0 Å². The van der Waals surface area contributed by atoms with E-state index in [2.05, 4.69) is 15.3 Å². The van der Waals surface area contributed by atoms with Crippen LogP contribution in [0, 0.1) is 0 Å². The van der Waals surface area contributed by atoms with Crippen LogP contribution in [0.15, 0.2) is 18.2 Å². The van der Waals surface area contributed by atoms with E-state index in [1.807, 2.05) is 18.2 Å². The van der Waals surface area contributed by atoms with E-state index < -0.39 is 0 Å². The van der Waals surface area contributed by atoms with E-state index in [1.165, 1.54) is 11.3 Å². The summed E-state index contributed by atoms with van der Waals surface area (Å²) in [6.45, 7) is 1.54. The first-order valence-corrected chi connectivity index (χ1v) is 7.27. The molecule has 0 radical (unpaired) electrons. The molecule has 0 atom stereocenters. The van der Waals surface area contributed by atoms with Gasteiger partial charge in [-0.15, -0.1) is 10.2 Å². The van der Waals surface area contributed by atoms with Gasteiger partial charge in [-0.1, -0.05) is 11.3 Å². The van der Waals surface area contributed by atoms with Crippen LogP contribution in [0.5, 0.6) is 11.5 Å². The Morgan fingerprint density at radius 1 is 1.24 bits per heavy atom. The molecule has 4 rings (SSSR count). The first kappa shape index (κ1) is 12.5. The summed E-state index contributed by atoms with van der Waals surface area (Å²) in [4.78, 5) is 0.743. The highest BCUT2D eigenvalue weighted by molar-refractivity contribution is 7.19. The third kappa shape index (κ3) is 2.12. The monoisotopic (exact) mass is 304 g/mol. The minimum absolute atomic E-state index is 0.380. The van der Waals surface area contributed by atoms with Gasteiger partial charge in [-0.3, -0.25) is 0 Å². The molecule has 0 aliphatic carbocycles. The fraction of sp³-hybridized carbons (Fsp3) is 0.308. The van der Waals surface area contributed by atoms with Gasteiger partial charge in [-0.2, -0.15) is 9.61 Å². The van der Waals surface area contributed by atoms with Crippen molar-refractivity contribution in [2.75, 3.05) is 20.3 Å². The summed E-state index contributed by atoms with van der Waals surface area (Å²) in [6, 6.07) is 5.81. The lowest BCUT2D eigenvalue weighted by molar-refractivity contribution is 0.171. The van der Waals surface area contributed by atoms with Crippen LogP contribution in [-0.2, 0) is 11.3 Å². The summed E-state index contributed by atoms with van der Waals surface area (Å²) < 4.78 is 17.9. The molecule has 3 aromatic rings. The van der Waals surface area contributed by atoms with Crippen LogP contribution >= 0.6 is 11.3 Å². The van der Waals surface area contributed by atoms with Crippen molar-refractivity contribution >= 4 is 16.3 Å². The molecule has 0 unspecified atom stereocenters. The van der Waals surface area contributed by atoms with Gasteiger partial charge >= 0.3 is 0 Å². The number of rotatable bonds is 3. The van der Waals surface area contributed by atoms with E-state index in [0.717, 1.165) is 27.0 Å². The highest BCUT2D eigenvalue weighted by Gasteiger charge is 2.16. The minimum atomic E-state index is 0.380. The fourth-order valence-electron chi connectivity index (χ4n) is 2.17.